The van der Waals surface area contributed by atoms with Crippen LogP contribution >= 0.6 is 9.79 Å². The Labute approximate surface area is 462 Å². The van der Waals surface area contributed by atoms with E-state index in [4.69, 9.17) is 2.56 Å². The van der Waals surface area contributed by atoms with E-state index in [0.29, 0.717) is 0 Å². The minimum Gasteiger partial charge on any atom is -0.310 e. The van der Waals surface area contributed by atoms with Gasteiger partial charge in [-0.3, -0.25) is 0 Å². The molecule has 372 valence electrons. The standard InChI is InChI=1S/C40H28N2.C34H22.CH4.H3P/c1-5-13-31(14-6-1)41(32-15-7-2-8-16-32)37-27-23-29-22-26-36-38(28-24-30-21-25-35(37)39(29)40(30)36)42(33-17-9-3-10-18-33)34-19-11-4-12-20-34;1-3-11-25-21-27(19-17-23(25)9-1)33-29-13-5-7-15-31(29)34(32-16-8-6-14-30(32)33)28-20-18-24-10-2-4-12-26(24)22-28;;/h1-28H;1-22H;1H4;1H3/i;;;1TD. The van der Waals surface area contributed by atoms with E-state index >= 15 is 0 Å². The molecule has 0 aliphatic carbocycles. The summed E-state index contributed by atoms with van der Waals surface area (Å²) in [5.74, 6) is 0. The summed E-state index contributed by atoms with van der Waals surface area (Å²) < 4.78 is 11.8. The van der Waals surface area contributed by atoms with Crippen molar-refractivity contribution in [2.45, 2.75) is 7.43 Å². The Morgan fingerprint density at radius 2 is 0.538 bits per heavy atom. The average Bonchev–Trinajstić information content (AvgIpc) is 3.70. The Balaban J connectivity index is 0.000000153. The zero-order valence-electron chi connectivity index (χ0n) is 44.3. The second-order valence-electron chi connectivity index (χ2n) is 19.6. The van der Waals surface area contributed by atoms with E-state index in [0.717, 1.165) is 22.7 Å². The molecule has 0 aliphatic heterocycles. The van der Waals surface area contributed by atoms with Crippen molar-refractivity contribution < 1.29 is 0 Å². The molecular weight excluding hydrogens is 960 g/mol. The van der Waals surface area contributed by atoms with E-state index in [2.05, 4.69) is 313 Å². The lowest BCUT2D eigenvalue weighted by Gasteiger charge is -2.29. The van der Waals surface area contributed by atoms with Gasteiger partial charge in [0.15, 0.2) is 0 Å². The van der Waals surface area contributed by atoms with Crippen molar-refractivity contribution in [1.82, 2.24) is 0 Å². The first-order chi connectivity index (χ1) is 39.1. The zero-order valence-corrected chi connectivity index (χ0v) is 43.3. The van der Waals surface area contributed by atoms with Gasteiger partial charge in [-0.25, -0.2) is 0 Å². The van der Waals surface area contributed by atoms with Crippen molar-refractivity contribution in [3.8, 4) is 22.3 Å². The number of hydrogen-bond acceptors (Lipinski definition) is 2. The zero-order chi connectivity index (χ0) is 53.1. The van der Waals surface area contributed by atoms with Crippen molar-refractivity contribution >= 4 is 119 Å². The molecule has 0 aromatic heterocycles. The van der Waals surface area contributed by atoms with Crippen LogP contribution in [0.1, 0.15) is 7.43 Å². The first kappa shape index (κ1) is 46.9. The summed E-state index contributed by atoms with van der Waals surface area (Å²) in [6, 6.07) is 109. The Morgan fingerprint density at radius 3 is 0.872 bits per heavy atom. The molecular formula is C75H57N2P. The summed E-state index contributed by atoms with van der Waals surface area (Å²) >= 11 is 0. The van der Waals surface area contributed by atoms with Gasteiger partial charge in [-0.05, 0) is 160 Å². The molecule has 0 saturated heterocycles. The van der Waals surface area contributed by atoms with Gasteiger partial charge >= 0.3 is 0 Å². The van der Waals surface area contributed by atoms with E-state index in [9.17, 15) is 0 Å². The Kier molecular flexibility index (Phi) is 12.8. The monoisotopic (exact) mass is 1020 g/mol. The average molecular weight is 1020 g/mol. The largest absolute Gasteiger partial charge is 0.310 e. The van der Waals surface area contributed by atoms with Gasteiger partial charge in [0, 0.05) is 33.5 Å². The number of fused-ring (bicyclic) bond motifs is 4. The predicted molar refractivity (Wildman–Crippen MR) is 345 cm³/mol. The molecule has 0 N–H and O–H groups in total. The van der Waals surface area contributed by atoms with Crippen LogP contribution in [0.5, 0.6) is 0 Å². The van der Waals surface area contributed by atoms with Gasteiger partial charge in [0.2, 0.25) is 0 Å². The topological polar surface area (TPSA) is 6.48 Å². The molecule has 0 heterocycles. The van der Waals surface area contributed by atoms with Gasteiger partial charge in [0.1, 0.15) is 0 Å². The van der Waals surface area contributed by atoms with E-state index in [1.807, 2.05) is 0 Å². The lowest BCUT2D eigenvalue weighted by atomic mass is 9.85. The summed E-state index contributed by atoms with van der Waals surface area (Å²) in [5, 5.41) is 17.8. The van der Waals surface area contributed by atoms with Crippen LogP contribution in [0.15, 0.2) is 303 Å². The SMILES string of the molecule is C.[2H]P[3H].c1ccc(N(c2ccccc2)c2ccc3ccc4c(N(c5ccccc5)c5ccccc5)ccc5ccc2c3c54)cc1.c1ccc2cc(-c3c4ccccc4c(-c4ccc5ccccc5c4)c4ccccc34)ccc2c1. The van der Waals surface area contributed by atoms with Gasteiger partial charge < -0.3 is 9.80 Å². The van der Waals surface area contributed by atoms with Crippen molar-refractivity contribution in [3.05, 3.63) is 303 Å². The molecule has 2 nitrogen and oxygen atoms in total. The summed E-state index contributed by atoms with van der Waals surface area (Å²) in [6.45, 7) is 0. The smallest absolute Gasteiger partial charge is 0.0540 e. The summed E-state index contributed by atoms with van der Waals surface area (Å²) in [4.78, 5) is 4.74. The highest BCUT2D eigenvalue weighted by Gasteiger charge is 2.22. The van der Waals surface area contributed by atoms with Crippen molar-refractivity contribution in [3.63, 3.8) is 0 Å². The fourth-order valence-electron chi connectivity index (χ4n) is 11.8. The number of hydrogen-bond donors (Lipinski definition) is 0. The fourth-order valence-corrected chi connectivity index (χ4v) is 11.8. The Bertz CT molecular complexity index is 4180. The van der Waals surface area contributed by atoms with Gasteiger partial charge in [-0.15, -0.1) is 0 Å². The molecule has 0 fully saturated rings. The van der Waals surface area contributed by atoms with E-state index < -0.39 is 9.79 Å². The first-order valence-corrected chi connectivity index (χ1v) is 26.2. The van der Waals surface area contributed by atoms with Gasteiger partial charge in [-0.2, -0.15) is 9.79 Å². The number of para-hydroxylation sites is 4. The van der Waals surface area contributed by atoms with E-state index in [1.165, 1.54) is 109 Å². The highest BCUT2D eigenvalue weighted by Crippen LogP contribution is 2.48. The maximum atomic E-state index is 5.90. The molecule has 0 radical (unpaired) electrons. The van der Waals surface area contributed by atoms with Gasteiger partial charge in [0.05, 0.1) is 13.9 Å². The number of benzene rings is 15. The minimum absolute atomic E-state index is 0. The van der Waals surface area contributed by atoms with E-state index in [1.54, 1.807) is 0 Å². The Morgan fingerprint density at radius 1 is 0.269 bits per heavy atom. The van der Waals surface area contributed by atoms with Crippen LogP contribution in [-0.2, 0) is 0 Å². The third-order valence-corrected chi connectivity index (χ3v) is 15.2. The van der Waals surface area contributed by atoms with Crippen LogP contribution in [0.3, 0.4) is 0 Å². The Hall–Kier alpha value is -9.59. The second kappa shape index (κ2) is 21.2. The molecule has 0 spiro atoms. The first-order valence-electron chi connectivity index (χ1n) is 27.2. The second-order valence-corrected chi connectivity index (χ2v) is 19.6. The van der Waals surface area contributed by atoms with Crippen LogP contribution in [0.2, 0.25) is 0 Å². The van der Waals surface area contributed by atoms with Crippen LogP contribution in [0.25, 0.3) is 97.7 Å². The molecule has 1 atom stereocenters. The van der Waals surface area contributed by atoms with Crippen LogP contribution in [0, 0.1) is 0 Å². The van der Waals surface area contributed by atoms with Crippen LogP contribution in [-0.4, -0.2) is 2.56 Å². The van der Waals surface area contributed by atoms with E-state index in [-0.39, 0.29) is 7.43 Å². The lowest BCUT2D eigenvalue weighted by Crippen LogP contribution is -2.11. The predicted octanol–water partition coefficient (Wildman–Crippen LogP) is 21.9. The quantitative estimate of drug-likeness (QED) is 0.0850. The number of rotatable bonds is 8. The molecule has 0 bridgehead atoms. The highest BCUT2D eigenvalue weighted by atomic mass is 31.0. The van der Waals surface area contributed by atoms with Crippen molar-refractivity contribution in [1.29, 1.82) is 2.56 Å². The molecule has 0 saturated carbocycles. The third kappa shape index (κ3) is 8.73. The molecule has 15 aromatic carbocycles. The maximum absolute atomic E-state index is 5.90. The van der Waals surface area contributed by atoms with Crippen LogP contribution in [0.4, 0.5) is 34.1 Å². The van der Waals surface area contributed by atoms with Gasteiger partial charge in [-0.1, -0.05) is 238 Å². The fraction of sp³-hybridized carbons (Fsp3) is 0.0133. The van der Waals surface area contributed by atoms with Crippen molar-refractivity contribution in [2.75, 3.05) is 9.80 Å². The molecule has 0 aliphatic rings. The minimum atomic E-state index is -0.417. The number of nitrogens with zero attached hydrogens (tertiary/aromatic N) is 2. The summed E-state index contributed by atoms with van der Waals surface area (Å²) in [7, 11) is -0.417. The molecule has 15 rings (SSSR count). The van der Waals surface area contributed by atoms with Crippen molar-refractivity contribution in [2.24, 2.45) is 0 Å². The highest BCUT2D eigenvalue weighted by molar-refractivity contribution is 6.92. The third-order valence-electron chi connectivity index (χ3n) is 15.2. The molecule has 15 aromatic rings. The maximum Gasteiger partial charge on any atom is 0.0540 e. The number of anilines is 6. The summed E-state index contributed by atoms with van der Waals surface area (Å²) in [5.41, 5.74) is 12.0. The molecule has 1 unspecified atom stereocenters. The van der Waals surface area contributed by atoms with Gasteiger partial charge in [0.25, 0.3) is 0 Å². The normalized spacial score (nSPS) is 11.5. The van der Waals surface area contributed by atoms with Crippen LogP contribution < -0.4 is 9.80 Å². The molecule has 0 amide bonds. The summed E-state index contributed by atoms with van der Waals surface area (Å²) in [6.07, 6.45) is 0. The lowest BCUT2D eigenvalue weighted by molar-refractivity contribution is 1.30. The molecule has 3 heteroatoms. The molecule has 78 heavy (non-hydrogen) atoms.